The smallest absolute Gasteiger partial charge is 0.248 e. The minimum Gasteiger partial charge on any atom is -0.327 e. The van der Waals surface area contributed by atoms with Crippen LogP contribution >= 0.6 is 0 Å². The minimum absolute atomic E-state index is 0.278. The number of rotatable bonds is 7. The number of tetrazole rings is 1. The molecule has 4 aromatic rings. The fourth-order valence-electron chi connectivity index (χ4n) is 5.49. The van der Waals surface area contributed by atoms with Gasteiger partial charge in [0.15, 0.2) is 11.7 Å². The molecule has 1 amide bonds. The van der Waals surface area contributed by atoms with Gasteiger partial charge in [-0.1, -0.05) is 61.9 Å². The van der Waals surface area contributed by atoms with Crippen molar-refractivity contribution in [2.45, 2.75) is 51.7 Å². The lowest BCUT2D eigenvalue weighted by Crippen LogP contribution is -2.41. The average molecular weight is 507 g/mol. The molecular weight excluding hydrogens is 480 g/mol. The largest absolute Gasteiger partial charge is 0.327 e. The first kappa shape index (κ1) is 23.7. The Bertz CT molecular complexity index is 1550. The molecule has 0 saturated carbocycles. The van der Waals surface area contributed by atoms with Gasteiger partial charge in [-0.2, -0.15) is 10.5 Å². The molecule has 0 spiro atoms. The zero-order valence-corrected chi connectivity index (χ0v) is 21.0. The van der Waals surface area contributed by atoms with Crippen molar-refractivity contribution in [2.24, 2.45) is 5.92 Å². The van der Waals surface area contributed by atoms with Crippen LogP contribution in [-0.2, 0) is 35.5 Å². The Morgan fingerprint density at radius 3 is 2.61 bits per heavy atom. The zero-order valence-electron chi connectivity index (χ0n) is 21.0. The Labute approximate surface area is 219 Å². The van der Waals surface area contributed by atoms with Crippen molar-refractivity contribution in [2.75, 3.05) is 0 Å². The molecule has 2 aromatic carbocycles. The molecule has 2 aromatic heterocycles. The lowest BCUT2D eigenvalue weighted by atomic mass is 9.97. The number of aryl methyl sites for hydroxylation is 1. The van der Waals surface area contributed by atoms with E-state index in [-0.39, 0.29) is 12.3 Å². The second kappa shape index (κ2) is 9.67. The van der Waals surface area contributed by atoms with Crippen LogP contribution in [0.15, 0.2) is 48.5 Å². The van der Waals surface area contributed by atoms with E-state index in [1.807, 2.05) is 30.3 Å². The number of hydrogen-bond donors (Lipinski definition) is 1. The maximum Gasteiger partial charge on any atom is 0.248 e. The highest BCUT2D eigenvalue weighted by molar-refractivity contribution is 6.12. The van der Waals surface area contributed by atoms with Crippen LogP contribution in [-0.4, -0.2) is 52.8 Å². The molecule has 10 heteroatoms. The third kappa shape index (κ3) is 3.96. The van der Waals surface area contributed by atoms with Gasteiger partial charge in [0.1, 0.15) is 5.82 Å². The van der Waals surface area contributed by atoms with Crippen molar-refractivity contribution in [3.8, 4) is 28.6 Å². The topological polar surface area (TPSA) is 133 Å². The van der Waals surface area contributed by atoms with E-state index in [0.29, 0.717) is 18.8 Å². The molecule has 1 N–H and O–H groups in total. The predicted octanol–water partition coefficient (Wildman–Crippen LogP) is 3.10. The predicted molar refractivity (Wildman–Crippen MR) is 137 cm³/mol. The molecule has 38 heavy (non-hydrogen) atoms. The van der Waals surface area contributed by atoms with Crippen molar-refractivity contribution in [3.63, 3.8) is 0 Å². The van der Waals surface area contributed by atoms with Crippen LogP contribution in [0.2, 0.25) is 0 Å². The third-order valence-corrected chi connectivity index (χ3v) is 7.46. The van der Waals surface area contributed by atoms with Crippen LogP contribution in [0.25, 0.3) is 22.5 Å². The van der Waals surface area contributed by atoms with Crippen molar-refractivity contribution in [1.29, 1.82) is 5.26 Å². The molecule has 6 rings (SSSR count). The highest BCUT2D eigenvalue weighted by Crippen LogP contribution is 2.34. The van der Waals surface area contributed by atoms with Crippen molar-refractivity contribution in [3.05, 3.63) is 71.3 Å². The summed E-state index contributed by atoms with van der Waals surface area (Å²) in [7, 11) is 0. The van der Waals surface area contributed by atoms with Crippen LogP contribution in [0.5, 0.6) is 0 Å². The van der Waals surface area contributed by atoms with Gasteiger partial charge in [0.2, 0.25) is 11.7 Å². The summed E-state index contributed by atoms with van der Waals surface area (Å²) in [4.78, 5) is 31.9. The van der Waals surface area contributed by atoms with Crippen LogP contribution < -0.4 is 0 Å². The number of unbranched alkanes of at least 4 members (excludes halogenated alkanes) is 1. The van der Waals surface area contributed by atoms with E-state index in [4.69, 9.17) is 4.98 Å². The summed E-state index contributed by atoms with van der Waals surface area (Å²) in [6.07, 6.45) is 3.27. The second-order valence-electron chi connectivity index (χ2n) is 9.74. The number of hydrogen-bond acceptors (Lipinski definition) is 7. The van der Waals surface area contributed by atoms with Gasteiger partial charge < -0.3 is 9.47 Å². The van der Waals surface area contributed by atoms with E-state index in [1.54, 1.807) is 0 Å². The molecule has 1 fully saturated rings. The van der Waals surface area contributed by atoms with E-state index >= 15 is 0 Å². The van der Waals surface area contributed by atoms with E-state index in [0.717, 1.165) is 58.7 Å². The van der Waals surface area contributed by atoms with Crippen LogP contribution in [0.4, 0.5) is 0 Å². The summed E-state index contributed by atoms with van der Waals surface area (Å²) >= 11 is 0. The zero-order chi connectivity index (χ0) is 26.2. The van der Waals surface area contributed by atoms with Crippen LogP contribution in [0.1, 0.15) is 42.5 Å². The normalized spacial score (nSPS) is 18.4. The maximum atomic E-state index is 12.8. The number of ketones is 1. The average Bonchev–Trinajstić information content (AvgIpc) is 3.65. The number of carbonyl (C=O) groups excluding carboxylic acids is 2. The number of aromatic nitrogens is 6. The summed E-state index contributed by atoms with van der Waals surface area (Å²) in [6.45, 7) is 3.04. The van der Waals surface area contributed by atoms with Crippen molar-refractivity contribution < 1.29 is 9.59 Å². The molecule has 0 radical (unpaired) electrons. The number of nitrogens with one attached hydrogen (secondary N) is 1. The standard InChI is InChI=1S/C28H26N8O2/c1-2-3-8-25-30-22-16-36-24(26(37)21(14-29)28(36)38)13-23(22)35(25)15-17-9-11-18(12-10-17)19-6-4-5-7-20(19)27-31-33-34-32-27/h4-7,9-12,21,24H,2-3,8,13,15-16H2,1H3,(H,31,32,33,34). The van der Waals surface area contributed by atoms with Crippen molar-refractivity contribution in [1.82, 2.24) is 35.1 Å². The Kier molecular flexibility index (Phi) is 6.04. The van der Waals surface area contributed by atoms with E-state index in [1.165, 1.54) is 4.90 Å². The lowest BCUT2D eigenvalue weighted by molar-refractivity contribution is -0.131. The number of imidazole rings is 1. The Morgan fingerprint density at radius 1 is 1.11 bits per heavy atom. The molecule has 2 atom stereocenters. The quantitative estimate of drug-likeness (QED) is 0.381. The molecule has 2 aliphatic rings. The number of nitrogens with zero attached hydrogens (tertiary/aromatic N) is 7. The molecular formula is C28H26N8O2. The lowest BCUT2D eigenvalue weighted by Gasteiger charge is -2.28. The molecule has 10 nitrogen and oxygen atoms in total. The number of fused-ring (bicyclic) bond motifs is 2. The molecule has 1 saturated heterocycles. The number of nitriles is 1. The molecule has 0 aliphatic carbocycles. The summed E-state index contributed by atoms with van der Waals surface area (Å²) in [5.41, 5.74) is 5.88. The third-order valence-electron chi connectivity index (χ3n) is 7.46. The Hall–Kier alpha value is -4.65. The van der Waals surface area contributed by atoms with Gasteiger partial charge in [-0.05, 0) is 28.3 Å². The van der Waals surface area contributed by atoms with Gasteiger partial charge in [0.05, 0.1) is 24.3 Å². The summed E-state index contributed by atoms with van der Waals surface area (Å²) in [6, 6.07) is 17.6. The number of Topliss-reactive ketones (excluding diaryl/α,β-unsaturated/α-hetero) is 1. The fraction of sp³-hybridized carbons (Fsp3) is 0.321. The summed E-state index contributed by atoms with van der Waals surface area (Å²) in [5, 5.41) is 23.8. The SMILES string of the molecule is CCCCc1nc2c(n1Cc1ccc(-c3ccccc3-c3nn[nH]n3)cc1)CC1C(=O)C(C#N)C(=O)N1C2. The number of carbonyl (C=O) groups is 2. The Balaban J connectivity index is 1.31. The first-order valence-corrected chi connectivity index (χ1v) is 12.8. The Morgan fingerprint density at radius 2 is 1.89 bits per heavy atom. The first-order valence-electron chi connectivity index (χ1n) is 12.8. The molecule has 4 heterocycles. The monoisotopic (exact) mass is 506 g/mol. The van der Waals surface area contributed by atoms with Gasteiger partial charge >= 0.3 is 0 Å². The highest BCUT2D eigenvalue weighted by atomic mass is 16.2. The number of amides is 1. The molecule has 2 unspecified atom stereocenters. The molecule has 190 valence electrons. The van der Waals surface area contributed by atoms with Crippen LogP contribution in [0, 0.1) is 17.2 Å². The summed E-state index contributed by atoms with van der Waals surface area (Å²) < 4.78 is 2.21. The fourth-order valence-corrected chi connectivity index (χ4v) is 5.49. The number of aromatic amines is 1. The van der Waals surface area contributed by atoms with E-state index < -0.39 is 17.9 Å². The van der Waals surface area contributed by atoms with Crippen LogP contribution in [0.3, 0.4) is 0 Å². The van der Waals surface area contributed by atoms with E-state index in [2.05, 4.69) is 56.4 Å². The summed E-state index contributed by atoms with van der Waals surface area (Å²) in [5.74, 6) is -0.366. The van der Waals surface area contributed by atoms with Gasteiger partial charge in [-0.15, -0.1) is 10.2 Å². The van der Waals surface area contributed by atoms with Gasteiger partial charge in [-0.25, -0.2) is 4.98 Å². The van der Waals surface area contributed by atoms with Gasteiger partial charge in [0.25, 0.3) is 0 Å². The highest BCUT2D eigenvalue weighted by Gasteiger charge is 2.50. The molecule has 2 aliphatic heterocycles. The maximum absolute atomic E-state index is 12.8. The minimum atomic E-state index is -1.19. The van der Waals surface area contributed by atoms with Crippen molar-refractivity contribution >= 4 is 11.7 Å². The van der Waals surface area contributed by atoms with Gasteiger partial charge in [-0.3, -0.25) is 9.59 Å². The number of H-pyrrole nitrogens is 1. The van der Waals surface area contributed by atoms with E-state index in [9.17, 15) is 14.9 Å². The first-order chi connectivity index (χ1) is 18.6. The molecule has 0 bridgehead atoms. The van der Waals surface area contributed by atoms with Gasteiger partial charge in [0, 0.05) is 30.6 Å². The number of benzene rings is 2. The second-order valence-corrected chi connectivity index (χ2v) is 9.74.